The van der Waals surface area contributed by atoms with Crippen LogP contribution in [-0.2, 0) is 20.8 Å². The molecule has 7 rings (SSSR count). The highest BCUT2D eigenvalue weighted by Gasteiger charge is 2.62. The molecule has 2 bridgehead atoms. The number of aryl methyl sites for hydroxylation is 1. The number of rotatable bonds is 4. The lowest BCUT2D eigenvalue weighted by atomic mass is 9.54. The minimum absolute atomic E-state index is 0.0250. The Bertz CT molecular complexity index is 1620. The van der Waals surface area contributed by atoms with E-state index in [0.717, 1.165) is 11.6 Å². The molecule has 0 radical (unpaired) electrons. The van der Waals surface area contributed by atoms with E-state index in [0.29, 0.717) is 38.8 Å². The van der Waals surface area contributed by atoms with Gasteiger partial charge in [-0.05, 0) is 41.3 Å². The van der Waals surface area contributed by atoms with Gasteiger partial charge in [-0.25, -0.2) is 4.79 Å². The standard InChI is InChI=1S/C31H24O6/c1-3-28(32)36-26-14-15-27(20-9-5-4-8-19(20)26)37-29(33)25-17-30(34)21-10-6-7-11-22(21)31(25,35)23-13-12-18(2)16-24(23)30/h3-16,25,34-35H,1,17H2,2H3. The summed E-state index contributed by atoms with van der Waals surface area (Å²) in [4.78, 5) is 25.5. The zero-order chi connectivity index (χ0) is 25.9. The third-order valence-electron chi connectivity index (χ3n) is 7.53. The maximum absolute atomic E-state index is 13.8. The molecule has 3 aliphatic rings. The molecule has 184 valence electrons. The Morgan fingerprint density at radius 1 is 0.838 bits per heavy atom. The fraction of sp³-hybridized carbons (Fsp3) is 0.161. The van der Waals surface area contributed by atoms with Crippen LogP contribution in [0.4, 0.5) is 0 Å². The van der Waals surface area contributed by atoms with Crippen LogP contribution in [0.5, 0.6) is 11.5 Å². The Morgan fingerprint density at radius 3 is 2.11 bits per heavy atom. The van der Waals surface area contributed by atoms with Crippen molar-refractivity contribution in [3.8, 4) is 11.5 Å². The maximum Gasteiger partial charge on any atom is 0.335 e. The molecule has 6 nitrogen and oxygen atoms in total. The SMILES string of the molecule is C=CC(=O)Oc1ccc(OC(=O)C2CC3(O)c4ccccc4C2(O)c2ccc(C)cc23)c2ccccc12. The quantitative estimate of drug-likeness (QED) is 0.245. The van der Waals surface area contributed by atoms with Gasteiger partial charge in [0.15, 0.2) is 0 Å². The first-order valence-corrected chi connectivity index (χ1v) is 12.0. The molecule has 3 aliphatic carbocycles. The molecule has 0 fully saturated rings. The van der Waals surface area contributed by atoms with Gasteiger partial charge in [-0.15, -0.1) is 0 Å². The van der Waals surface area contributed by atoms with Crippen molar-refractivity contribution in [2.75, 3.05) is 0 Å². The van der Waals surface area contributed by atoms with Gasteiger partial charge in [0.2, 0.25) is 0 Å². The summed E-state index contributed by atoms with van der Waals surface area (Å²) in [6, 6.07) is 22.8. The number of hydrogen-bond donors (Lipinski definition) is 2. The van der Waals surface area contributed by atoms with Crippen LogP contribution in [0.2, 0.25) is 0 Å². The van der Waals surface area contributed by atoms with Gasteiger partial charge in [-0.1, -0.05) is 78.9 Å². The molecule has 0 amide bonds. The van der Waals surface area contributed by atoms with Crippen molar-refractivity contribution >= 4 is 22.7 Å². The third-order valence-corrected chi connectivity index (χ3v) is 7.53. The van der Waals surface area contributed by atoms with Crippen molar-refractivity contribution in [2.45, 2.75) is 24.5 Å². The van der Waals surface area contributed by atoms with Crippen molar-refractivity contribution in [3.63, 3.8) is 0 Å². The first-order valence-electron chi connectivity index (χ1n) is 12.0. The molecule has 6 heteroatoms. The number of aliphatic hydroxyl groups is 2. The zero-order valence-corrected chi connectivity index (χ0v) is 20.1. The fourth-order valence-corrected chi connectivity index (χ4v) is 5.84. The zero-order valence-electron chi connectivity index (χ0n) is 20.1. The van der Waals surface area contributed by atoms with Crippen molar-refractivity contribution in [1.82, 2.24) is 0 Å². The lowest BCUT2D eigenvalue weighted by Crippen LogP contribution is -2.57. The molecule has 0 saturated carbocycles. The number of ether oxygens (including phenoxy) is 2. The Labute approximate surface area is 213 Å². The van der Waals surface area contributed by atoms with E-state index < -0.39 is 29.1 Å². The molecule has 0 heterocycles. The van der Waals surface area contributed by atoms with Gasteiger partial charge in [-0.2, -0.15) is 0 Å². The summed E-state index contributed by atoms with van der Waals surface area (Å²) in [5.74, 6) is -1.75. The average Bonchev–Trinajstić information content (AvgIpc) is 2.91. The van der Waals surface area contributed by atoms with Gasteiger partial charge in [0.05, 0.1) is 5.92 Å². The van der Waals surface area contributed by atoms with Gasteiger partial charge >= 0.3 is 11.9 Å². The summed E-state index contributed by atoms with van der Waals surface area (Å²) in [5, 5.41) is 25.4. The van der Waals surface area contributed by atoms with E-state index in [1.165, 1.54) is 0 Å². The van der Waals surface area contributed by atoms with Gasteiger partial charge in [0.25, 0.3) is 0 Å². The third kappa shape index (κ3) is 3.26. The Morgan fingerprint density at radius 2 is 1.43 bits per heavy atom. The van der Waals surface area contributed by atoms with Crippen molar-refractivity contribution in [2.24, 2.45) is 5.92 Å². The van der Waals surface area contributed by atoms with E-state index in [4.69, 9.17) is 9.47 Å². The largest absolute Gasteiger partial charge is 0.426 e. The molecule has 0 saturated heterocycles. The average molecular weight is 493 g/mol. The molecule has 3 atom stereocenters. The van der Waals surface area contributed by atoms with Crippen molar-refractivity contribution in [3.05, 3.63) is 119 Å². The summed E-state index contributed by atoms with van der Waals surface area (Å²) in [6.07, 6.45) is 1.05. The van der Waals surface area contributed by atoms with Crippen LogP contribution >= 0.6 is 0 Å². The number of esters is 2. The minimum atomic E-state index is -1.67. The normalized spacial score (nSPS) is 23.2. The maximum atomic E-state index is 13.8. The van der Waals surface area contributed by atoms with E-state index >= 15 is 0 Å². The highest BCUT2D eigenvalue weighted by atomic mass is 16.5. The highest BCUT2D eigenvalue weighted by Crippen LogP contribution is 2.60. The minimum Gasteiger partial charge on any atom is -0.426 e. The molecule has 4 aromatic carbocycles. The molecule has 3 unspecified atom stereocenters. The second-order valence-corrected chi connectivity index (χ2v) is 9.63. The lowest BCUT2D eigenvalue weighted by molar-refractivity contribution is -0.157. The van der Waals surface area contributed by atoms with Crippen molar-refractivity contribution in [1.29, 1.82) is 0 Å². The Hall–Kier alpha value is -4.26. The summed E-state index contributed by atoms with van der Waals surface area (Å²) in [6.45, 7) is 5.35. The van der Waals surface area contributed by atoms with E-state index in [1.54, 1.807) is 60.7 Å². The van der Waals surface area contributed by atoms with Crippen LogP contribution < -0.4 is 9.47 Å². The predicted molar refractivity (Wildman–Crippen MR) is 137 cm³/mol. The molecular weight excluding hydrogens is 468 g/mol. The van der Waals surface area contributed by atoms with Gasteiger partial charge in [0, 0.05) is 23.3 Å². The topological polar surface area (TPSA) is 93.1 Å². The predicted octanol–water partition coefficient (Wildman–Crippen LogP) is 4.65. The van der Waals surface area contributed by atoms with Crippen LogP contribution in [0, 0.1) is 12.8 Å². The highest BCUT2D eigenvalue weighted by molar-refractivity contribution is 5.97. The summed E-state index contributed by atoms with van der Waals surface area (Å²) in [5.41, 5.74) is 0.0363. The number of carbonyl (C=O) groups is 2. The van der Waals surface area contributed by atoms with Crippen LogP contribution in [0.15, 0.2) is 91.5 Å². The molecule has 2 N–H and O–H groups in total. The number of carbonyl (C=O) groups excluding carboxylic acids is 2. The van der Waals surface area contributed by atoms with E-state index in [1.807, 2.05) is 25.1 Å². The van der Waals surface area contributed by atoms with E-state index in [2.05, 4.69) is 6.58 Å². The molecule has 0 spiro atoms. The molecule has 4 aromatic rings. The van der Waals surface area contributed by atoms with E-state index in [-0.39, 0.29) is 12.2 Å². The van der Waals surface area contributed by atoms with Gasteiger partial charge in [0.1, 0.15) is 22.7 Å². The fourth-order valence-electron chi connectivity index (χ4n) is 5.84. The first kappa shape index (κ1) is 23.2. The number of benzene rings is 4. The summed E-state index contributed by atoms with van der Waals surface area (Å²) < 4.78 is 11.2. The number of fused-ring (bicyclic) bond motifs is 2. The van der Waals surface area contributed by atoms with Crippen LogP contribution in [-0.4, -0.2) is 22.2 Å². The number of hydrogen-bond acceptors (Lipinski definition) is 6. The molecular formula is C31H24O6. The first-order chi connectivity index (χ1) is 17.8. The van der Waals surface area contributed by atoms with Crippen molar-refractivity contribution < 1.29 is 29.3 Å². The molecule has 0 aliphatic heterocycles. The van der Waals surface area contributed by atoms with Crippen LogP contribution in [0.1, 0.15) is 34.2 Å². The second-order valence-electron chi connectivity index (χ2n) is 9.63. The molecule has 37 heavy (non-hydrogen) atoms. The Kier molecular flexibility index (Phi) is 5.09. The lowest BCUT2D eigenvalue weighted by Gasteiger charge is -2.53. The van der Waals surface area contributed by atoms with Gasteiger partial charge < -0.3 is 19.7 Å². The summed E-state index contributed by atoms with van der Waals surface area (Å²) >= 11 is 0. The van der Waals surface area contributed by atoms with Gasteiger partial charge in [-0.3, -0.25) is 4.79 Å². The summed E-state index contributed by atoms with van der Waals surface area (Å²) in [7, 11) is 0. The molecule has 0 aromatic heterocycles. The Balaban J connectivity index is 1.44. The smallest absolute Gasteiger partial charge is 0.335 e. The van der Waals surface area contributed by atoms with E-state index in [9.17, 15) is 19.8 Å². The van der Waals surface area contributed by atoms with Crippen LogP contribution in [0.25, 0.3) is 10.8 Å². The second kappa shape index (κ2) is 8.13. The monoisotopic (exact) mass is 492 g/mol. The van der Waals surface area contributed by atoms with Crippen LogP contribution in [0.3, 0.4) is 0 Å².